The second kappa shape index (κ2) is 14.8. The smallest absolute Gasteiger partial charge is 0.243 e. The van der Waals surface area contributed by atoms with Crippen molar-refractivity contribution in [1.82, 2.24) is 10.2 Å². The Morgan fingerprint density at radius 1 is 0.972 bits per heavy atom. The summed E-state index contributed by atoms with van der Waals surface area (Å²) in [6.45, 7) is 2.63. The Hall–Kier alpha value is -2.64. The summed E-state index contributed by atoms with van der Waals surface area (Å²) in [6, 6.07) is 23.3. The van der Waals surface area contributed by atoms with Crippen LogP contribution in [0.3, 0.4) is 0 Å². The lowest BCUT2D eigenvalue weighted by Gasteiger charge is -2.31. The van der Waals surface area contributed by atoms with E-state index in [1.165, 1.54) is 17.8 Å². The zero-order chi connectivity index (χ0) is 25.8. The van der Waals surface area contributed by atoms with E-state index in [0.717, 1.165) is 28.4 Å². The van der Waals surface area contributed by atoms with Gasteiger partial charge in [0.1, 0.15) is 11.9 Å². The number of thioether (sulfide) groups is 1. The van der Waals surface area contributed by atoms with Crippen molar-refractivity contribution in [1.29, 1.82) is 0 Å². The van der Waals surface area contributed by atoms with Gasteiger partial charge in [-0.05, 0) is 35.7 Å². The number of hydrogen-bond acceptors (Lipinski definition) is 3. The Morgan fingerprint density at radius 3 is 2.36 bits per heavy atom. The maximum atomic E-state index is 14.6. The average molecular weight is 572 g/mol. The van der Waals surface area contributed by atoms with Crippen molar-refractivity contribution in [3.05, 3.63) is 106 Å². The molecule has 4 nitrogen and oxygen atoms in total. The molecule has 36 heavy (non-hydrogen) atoms. The Balaban J connectivity index is 1.83. The first-order valence-corrected chi connectivity index (χ1v) is 14.1. The van der Waals surface area contributed by atoms with Crippen molar-refractivity contribution in [2.24, 2.45) is 0 Å². The topological polar surface area (TPSA) is 49.4 Å². The summed E-state index contributed by atoms with van der Waals surface area (Å²) in [7, 11) is 0. The van der Waals surface area contributed by atoms with E-state index < -0.39 is 6.04 Å². The molecule has 0 aliphatic carbocycles. The van der Waals surface area contributed by atoms with Crippen molar-refractivity contribution in [3.63, 3.8) is 0 Å². The third kappa shape index (κ3) is 8.79. The lowest BCUT2D eigenvalue weighted by atomic mass is 10.0. The SMILES string of the molecule is CCCCNC(=O)C(Cc1ccccc1)N(Cc1ccccc1F)C(=O)CSCc1ccc(Br)cc1. The number of carbonyl (C=O) groups excluding carboxylic acids is 2. The summed E-state index contributed by atoms with van der Waals surface area (Å²) in [6.07, 6.45) is 2.17. The van der Waals surface area contributed by atoms with Crippen LogP contribution in [0.5, 0.6) is 0 Å². The lowest BCUT2D eigenvalue weighted by Crippen LogP contribution is -2.51. The number of benzene rings is 3. The van der Waals surface area contributed by atoms with E-state index >= 15 is 0 Å². The number of carbonyl (C=O) groups is 2. The van der Waals surface area contributed by atoms with Crippen LogP contribution in [-0.4, -0.2) is 35.1 Å². The molecule has 3 aromatic rings. The van der Waals surface area contributed by atoms with Gasteiger partial charge in [0.05, 0.1) is 5.75 Å². The number of amides is 2. The minimum Gasteiger partial charge on any atom is -0.354 e. The first kappa shape index (κ1) is 27.9. The molecular weight excluding hydrogens is 539 g/mol. The number of hydrogen-bond donors (Lipinski definition) is 1. The van der Waals surface area contributed by atoms with Gasteiger partial charge < -0.3 is 10.2 Å². The summed E-state index contributed by atoms with van der Waals surface area (Å²) >= 11 is 4.92. The number of rotatable bonds is 13. The van der Waals surface area contributed by atoms with Crippen LogP contribution in [0, 0.1) is 5.82 Å². The summed E-state index contributed by atoms with van der Waals surface area (Å²) in [5, 5.41) is 2.99. The van der Waals surface area contributed by atoms with Gasteiger partial charge in [0, 0.05) is 35.3 Å². The predicted octanol–water partition coefficient (Wildman–Crippen LogP) is 6.38. The van der Waals surface area contributed by atoms with Gasteiger partial charge in [-0.15, -0.1) is 11.8 Å². The van der Waals surface area contributed by atoms with Gasteiger partial charge in [-0.1, -0.05) is 89.9 Å². The highest BCUT2D eigenvalue weighted by atomic mass is 79.9. The molecule has 1 N–H and O–H groups in total. The summed E-state index contributed by atoms with van der Waals surface area (Å²) in [4.78, 5) is 28.5. The molecule has 190 valence electrons. The molecule has 1 atom stereocenters. The zero-order valence-corrected chi connectivity index (χ0v) is 22.9. The summed E-state index contributed by atoms with van der Waals surface area (Å²) in [5.74, 6) is 0.0703. The van der Waals surface area contributed by atoms with Gasteiger partial charge >= 0.3 is 0 Å². The van der Waals surface area contributed by atoms with Gasteiger partial charge in [-0.3, -0.25) is 9.59 Å². The Labute approximate surface area is 225 Å². The minimum atomic E-state index is -0.746. The fraction of sp³-hybridized carbons (Fsp3) is 0.310. The molecule has 0 spiro atoms. The van der Waals surface area contributed by atoms with E-state index in [0.29, 0.717) is 24.3 Å². The molecule has 0 aliphatic rings. The van der Waals surface area contributed by atoms with Crippen molar-refractivity contribution in [3.8, 4) is 0 Å². The van der Waals surface area contributed by atoms with E-state index in [9.17, 15) is 14.0 Å². The normalized spacial score (nSPS) is 11.6. The third-order valence-corrected chi connectivity index (χ3v) is 7.32. The van der Waals surface area contributed by atoms with E-state index in [1.807, 2.05) is 54.6 Å². The molecule has 0 bridgehead atoms. The van der Waals surface area contributed by atoms with Crippen LogP contribution < -0.4 is 5.32 Å². The monoisotopic (exact) mass is 570 g/mol. The molecule has 0 aliphatic heterocycles. The number of halogens is 2. The molecule has 0 radical (unpaired) electrons. The molecule has 1 unspecified atom stereocenters. The Bertz CT molecular complexity index is 1110. The highest BCUT2D eigenvalue weighted by Crippen LogP contribution is 2.20. The van der Waals surface area contributed by atoms with Crippen LogP contribution in [0.1, 0.15) is 36.5 Å². The van der Waals surface area contributed by atoms with Crippen molar-refractivity contribution in [2.75, 3.05) is 12.3 Å². The van der Waals surface area contributed by atoms with E-state index in [-0.39, 0.29) is 29.9 Å². The van der Waals surface area contributed by atoms with Crippen LogP contribution >= 0.6 is 27.7 Å². The first-order valence-electron chi connectivity index (χ1n) is 12.1. The summed E-state index contributed by atoms with van der Waals surface area (Å²) in [5.41, 5.74) is 2.44. The zero-order valence-electron chi connectivity index (χ0n) is 20.5. The van der Waals surface area contributed by atoms with Crippen LogP contribution in [0.4, 0.5) is 4.39 Å². The van der Waals surface area contributed by atoms with E-state index in [4.69, 9.17) is 0 Å². The van der Waals surface area contributed by atoms with E-state index in [2.05, 4.69) is 28.2 Å². The number of nitrogens with one attached hydrogen (secondary N) is 1. The van der Waals surface area contributed by atoms with Crippen molar-refractivity contribution >= 4 is 39.5 Å². The molecule has 2 amide bonds. The first-order chi connectivity index (χ1) is 17.5. The van der Waals surface area contributed by atoms with Crippen LogP contribution in [0.25, 0.3) is 0 Å². The van der Waals surface area contributed by atoms with Gasteiger partial charge in [-0.25, -0.2) is 4.39 Å². The van der Waals surface area contributed by atoms with Gasteiger partial charge in [0.25, 0.3) is 0 Å². The minimum absolute atomic E-state index is 0.0308. The molecule has 0 saturated heterocycles. The summed E-state index contributed by atoms with van der Waals surface area (Å²) < 4.78 is 15.6. The molecule has 3 rings (SSSR count). The van der Waals surface area contributed by atoms with Gasteiger partial charge in [0.2, 0.25) is 11.8 Å². The van der Waals surface area contributed by atoms with Crippen molar-refractivity contribution < 1.29 is 14.0 Å². The molecule has 7 heteroatoms. The third-order valence-electron chi connectivity index (χ3n) is 5.81. The fourth-order valence-corrected chi connectivity index (χ4v) is 4.93. The Kier molecular flexibility index (Phi) is 11.5. The standard InChI is InChI=1S/C29H32BrFN2O2S/c1-2-3-17-32-29(35)27(18-22-9-5-4-6-10-22)33(19-24-11-7-8-12-26(24)31)28(34)21-36-20-23-13-15-25(30)16-14-23/h4-16,27H,2-3,17-21H2,1H3,(H,32,35). The molecule has 0 heterocycles. The molecule has 0 fully saturated rings. The second-order valence-electron chi connectivity index (χ2n) is 8.58. The highest BCUT2D eigenvalue weighted by molar-refractivity contribution is 9.10. The quantitative estimate of drug-likeness (QED) is 0.243. The van der Waals surface area contributed by atoms with E-state index in [1.54, 1.807) is 23.1 Å². The average Bonchev–Trinajstić information content (AvgIpc) is 2.89. The molecule has 3 aromatic carbocycles. The predicted molar refractivity (Wildman–Crippen MR) is 149 cm³/mol. The molecule has 0 saturated carbocycles. The highest BCUT2D eigenvalue weighted by Gasteiger charge is 2.30. The van der Waals surface area contributed by atoms with Crippen molar-refractivity contribution in [2.45, 2.75) is 44.5 Å². The van der Waals surface area contributed by atoms with Gasteiger partial charge in [-0.2, -0.15) is 0 Å². The molecular formula is C29H32BrFN2O2S. The second-order valence-corrected chi connectivity index (χ2v) is 10.5. The molecule has 0 aromatic heterocycles. The van der Waals surface area contributed by atoms with Gasteiger partial charge in [0.15, 0.2) is 0 Å². The van der Waals surface area contributed by atoms with Crippen LogP contribution in [-0.2, 0) is 28.3 Å². The number of unbranched alkanes of at least 4 members (excludes halogenated alkanes) is 1. The largest absolute Gasteiger partial charge is 0.354 e. The van der Waals surface area contributed by atoms with Crippen LogP contribution in [0.2, 0.25) is 0 Å². The maximum Gasteiger partial charge on any atom is 0.243 e. The maximum absolute atomic E-state index is 14.6. The van der Waals surface area contributed by atoms with Crippen LogP contribution in [0.15, 0.2) is 83.3 Å². The lowest BCUT2D eigenvalue weighted by molar-refractivity contribution is -0.139. The Morgan fingerprint density at radius 2 is 1.67 bits per heavy atom. The number of nitrogens with zero attached hydrogens (tertiary/aromatic N) is 1. The fourth-order valence-electron chi connectivity index (χ4n) is 3.79.